The Bertz CT molecular complexity index is 158. The first-order chi connectivity index (χ1) is 9.10. The van der Waals surface area contributed by atoms with Gasteiger partial charge in [-0.15, -0.1) is 0 Å². The lowest BCUT2D eigenvalue weighted by molar-refractivity contribution is 0.0584. The van der Waals surface area contributed by atoms with Crippen LogP contribution in [0.15, 0.2) is 0 Å². The topological polar surface area (TPSA) is 101 Å². The van der Waals surface area contributed by atoms with Crippen molar-refractivity contribution in [1.29, 1.82) is 0 Å². The van der Waals surface area contributed by atoms with Crippen molar-refractivity contribution >= 4 is 0 Å². The van der Waals surface area contributed by atoms with Crippen molar-refractivity contribution in [2.45, 2.75) is 52.1 Å². The van der Waals surface area contributed by atoms with Gasteiger partial charge >= 0.3 is 0 Å². The van der Waals surface area contributed by atoms with Crippen molar-refractivity contribution in [2.24, 2.45) is 11.8 Å². The molecule has 5 heteroatoms. The second-order valence-electron chi connectivity index (χ2n) is 4.80. The van der Waals surface area contributed by atoms with Crippen molar-refractivity contribution in [1.82, 2.24) is 0 Å². The minimum atomic E-state index is -0.306. The van der Waals surface area contributed by atoms with Gasteiger partial charge in [-0.25, -0.2) is 0 Å². The Labute approximate surface area is 116 Å². The van der Waals surface area contributed by atoms with Crippen LogP contribution in [0.5, 0.6) is 0 Å². The van der Waals surface area contributed by atoms with E-state index in [0.29, 0.717) is 12.8 Å². The number of aliphatic hydroxyl groups excluding tert-OH is 5. The summed E-state index contributed by atoms with van der Waals surface area (Å²) in [4.78, 5) is 0. The molecule has 0 aliphatic carbocycles. The van der Waals surface area contributed by atoms with Crippen molar-refractivity contribution < 1.29 is 25.5 Å². The third-order valence-electron chi connectivity index (χ3n) is 3.17. The first-order valence-electron chi connectivity index (χ1n) is 7.22. The van der Waals surface area contributed by atoms with Crippen LogP contribution in [-0.2, 0) is 0 Å². The van der Waals surface area contributed by atoms with E-state index in [1.54, 1.807) is 0 Å². The van der Waals surface area contributed by atoms with Crippen LogP contribution in [0.2, 0.25) is 0 Å². The van der Waals surface area contributed by atoms with Crippen LogP contribution < -0.4 is 0 Å². The molecule has 0 fully saturated rings. The molecule has 118 valence electrons. The fourth-order valence-electron chi connectivity index (χ4n) is 1.67. The van der Waals surface area contributed by atoms with E-state index >= 15 is 0 Å². The second-order valence-corrected chi connectivity index (χ2v) is 4.80. The molecule has 5 nitrogen and oxygen atoms in total. The van der Waals surface area contributed by atoms with Gasteiger partial charge in [-0.05, 0) is 25.7 Å². The quantitative estimate of drug-likeness (QED) is 0.402. The highest BCUT2D eigenvalue weighted by atomic mass is 16.3. The van der Waals surface area contributed by atoms with Crippen LogP contribution in [0.25, 0.3) is 0 Å². The zero-order valence-electron chi connectivity index (χ0n) is 12.3. The largest absolute Gasteiger partial charge is 0.396 e. The Kier molecular flexibility index (Phi) is 17.6. The molecule has 0 amide bonds. The summed E-state index contributed by atoms with van der Waals surface area (Å²) in [5.74, 6) is 0.0390. The number of rotatable bonds is 10. The molecule has 0 spiro atoms. The molecule has 0 saturated carbocycles. The molecule has 0 aromatic heterocycles. The van der Waals surface area contributed by atoms with Crippen molar-refractivity contribution in [3.63, 3.8) is 0 Å². The summed E-state index contributed by atoms with van der Waals surface area (Å²) in [7, 11) is 0. The normalized spacial score (nSPS) is 13.9. The van der Waals surface area contributed by atoms with Crippen molar-refractivity contribution in [3.8, 4) is 0 Å². The SMILES string of the molecule is CCCC(O)C(CC)CO.OCCCC(CO)CO. The van der Waals surface area contributed by atoms with Crippen LogP contribution in [-0.4, -0.2) is 58.1 Å². The van der Waals surface area contributed by atoms with Crippen molar-refractivity contribution in [2.75, 3.05) is 26.4 Å². The van der Waals surface area contributed by atoms with E-state index in [-0.39, 0.29) is 44.4 Å². The third kappa shape index (κ3) is 12.6. The number of aliphatic hydroxyl groups is 5. The molecule has 19 heavy (non-hydrogen) atoms. The lowest BCUT2D eigenvalue weighted by Gasteiger charge is -2.17. The first-order valence-corrected chi connectivity index (χ1v) is 7.22. The van der Waals surface area contributed by atoms with Crippen molar-refractivity contribution in [3.05, 3.63) is 0 Å². The smallest absolute Gasteiger partial charge is 0.0590 e. The standard InChI is InChI=1S/C8H18O2.C6H14O3/c1-3-5-8(10)7(4-2)6-9;7-3-1-2-6(4-8)5-9/h7-10H,3-6H2,1-2H3;6-9H,1-5H2. The predicted octanol–water partition coefficient (Wildman–Crippen LogP) is 0.526. The maximum atomic E-state index is 9.35. The first kappa shape index (κ1) is 21.1. The van der Waals surface area contributed by atoms with Gasteiger partial charge in [0, 0.05) is 38.3 Å². The summed E-state index contributed by atoms with van der Waals surface area (Å²) < 4.78 is 0. The molecule has 0 aromatic carbocycles. The van der Waals surface area contributed by atoms with Gasteiger partial charge in [0.1, 0.15) is 0 Å². The lowest BCUT2D eigenvalue weighted by atomic mass is 9.97. The van der Waals surface area contributed by atoms with Gasteiger partial charge in [-0.2, -0.15) is 0 Å². The molecule has 0 aliphatic heterocycles. The molecule has 0 bridgehead atoms. The highest BCUT2D eigenvalue weighted by Crippen LogP contribution is 2.12. The highest BCUT2D eigenvalue weighted by molar-refractivity contribution is 4.65. The van der Waals surface area contributed by atoms with E-state index in [2.05, 4.69) is 0 Å². The van der Waals surface area contributed by atoms with Crippen LogP contribution in [0, 0.1) is 11.8 Å². The van der Waals surface area contributed by atoms with Gasteiger partial charge in [0.15, 0.2) is 0 Å². The Balaban J connectivity index is 0. The van der Waals surface area contributed by atoms with Gasteiger partial charge < -0.3 is 25.5 Å². The van der Waals surface area contributed by atoms with Gasteiger partial charge in [-0.3, -0.25) is 0 Å². The third-order valence-corrected chi connectivity index (χ3v) is 3.17. The van der Waals surface area contributed by atoms with Crippen LogP contribution in [0.1, 0.15) is 46.0 Å². The maximum absolute atomic E-state index is 9.35. The Morgan fingerprint density at radius 2 is 1.42 bits per heavy atom. The van der Waals surface area contributed by atoms with E-state index in [9.17, 15) is 5.11 Å². The van der Waals surface area contributed by atoms with Crippen LogP contribution in [0.4, 0.5) is 0 Å². The Hall–Kier alpha value is -0.200. The fourth-order valence-corrected chi connectivity index (χ4v) is 1.67. The summed E-state index contributed by atoms with van der Waals surface area (Å²) in [5.41, 5.74) is 0. The average molecular weight is 280 g/mol. The van der Waals surface area contributed by atoms with Crippen LogP contribution in [0.3, 0.4) is 0 Å². The maximum Gasteiger partial charge on any atom is 0.0590 e. The molecule has 0 radical (unpaired) electrons. The minimum Gasteiger partial charge on any atom is -0.396 e. The van der Waals surface area contributed by atoms with E-state index in [0.717, 1.165) is 19.3 Å². The molecule has 0 rings (SSSR count). The summed E-state index contributed by atoms with van der Waals surface area (Å²) in [6.07, 6.45) is 3.70. The highest BCUT2D eigenvalue weighted by Gasteiger charge is 2.14. The molecule has 2 unspecified atom stereocenters. The zero-order chi connectivity index (χ0) is 15.1. The molecule has 2 atom stereocenters. The molecule has 0 heterocycles. The van der Waals surface area contributed by atoms with Gasteiger partial charge in [0.25, 0.3) is 0 Å². The van der Waals surface area contributed by atoms with E-state index < -0.39 is 0 Å². The molecule has 0 aromatic rings. The van der Waals surface area contributed by atoms with E-state index in [1.165, 1.54) is 0 Å². The van der Waals surface area contributed by atoms with Gasteiger partial charge in [0.05, 0.1) is 6.10 Å². The monoisotopic (exact) mass is 280 g/mol. The minimum absolute atomic E-state index is 0.0104. The molecule has 0 aliphatic rings. The summed E-state index contributed by atoms with van der Waals surface area (Å²) in [5, 5.41) is 43.5. The molecule has 5 N–H and O–H groups in total. The van der Waals surface area contributed by atoms with E-state index in [1.807, 2.05) is 13.8 Å². The summed E-state index contributed by atoms with van der Waals surface area (Å²) >= 11 is 0. The Morgan fingerprint density at radius 3 is 1.74 bits per heavy atom. The molecular formula is C14H32O5. The summed E-state index contributed by atoms with van der Waals surface area (Å²) in [6, 6.07) is 0. The zero-order valence-corrected chi connectivity index (χ0v) is 12.3. The lowest BCUT2D eigenvalue weighted by Crippen LogP contribution is -2.22. The van der Waals surface area contributed by atoms with Crippen LogP contribution >= 0.6 is 0 Å². The molecular weight excluding hydrogens is 248 g/mol. The Morgan fingerprint density at radius 1 is 0.842 bits per heavy atom. The number of hydrogen-bond acceptors (Lipinski definition) is 5. The average Bonchev–Trinajstić information content (AvgIpc) is 2.42. The van der Waals surface area contributed by atoms with Gasteiger partial charge in [0.2, 0.25) is 0 Å². The van der Waals surface area contributed by atoms with Gasteiger partial charge in [-0.1, -0.05) is 20.3 Å². The summed E-state index contributed by atoms with van der Waals surface area (Å²) in [6.45, 7) is 4.29. The van der Waals surface area contributed by atoms with E-state index in [4.69, 9.17) is 20.4 Å². The second kappa shape index (κ2) is 15.9. The predicted molar refractivity (Wildman–Crippen MR) is 75.8 cm³/mol. The fraction of sp³-hybridized carbons (Fsp3) is 1.00. The number of hydrogen-bond donors (Lipinski definition) is 5. The molecule has 0 saturated heterocycles.